The molecule has 0 radical (unpaired) electrons. The number of hydrogen-bond acceptors (Lipinski definition) is 3. The maximum Gasteiger partial charge on any atom is 0.0367 e. The number of anilines is 1. The summed E-state index contributed by atoms with van der Waals surface area (Å²) in [4.78, 5) is 5.17. The van der Waals surface area contributed by atoms with Gasteiger partial charge in [-0.15, -0.1) is 0 Å². The summed E-state index contributed by atoms with van der Waals surface area (Å²) in [7, 11) is 0. The van der Waals surface area contributed by atoms with Gasteiger partial charge >= 0.3 is 0 Å². The molecule has 2 N–H and O–H groups in total. The largest absolute Gasteiger partial charge is 0.369 e. The first-order valence-electron chi connectivity index (χ1n) is 8.62. The highest BCUT2D eigenvalue weighted by Gasteiger charge is 2.29. The van der Waals surface area contributed by atoms with Gasteiger partial charge in [0.25, 0.3) is 0 Å². The Bertz CT molecular complexity index is 406. The third-order valence-corrected chi connectivity index (χ3v) is 5.34. The third kappa shape index (κ3) is 3.58. The van der Waals surface area contributed by atoms with E-state index in [-0.39, 0.29) is 0 Å². The molecular formula is C18H29N3. The molecule has 1 unspecified atom stereocenters. The van der Waals surface area contributed by atoms with Crippen LogP contribution in [0.5, 0.6) is 0 Å². The van der Waals surface area contributed by atoms with Gasteiger partial charge in [0.1, 0.15) is 0 Å². The second-order valence-electron chi connectivity index (χ2n) is 6.56. The van der Waals surface area contributed by atoms with E-state index in [4.69, 9.17) is 5.73 Å². The van der Waals surface area contributed by atoms with Gasteiger partial charge in [-0.1, -0.05) is 37.5 Å². The number of nitrogens with zero attached hydrogens (tertiary/aromatic N) is 2. The molecule has 3 rings (SSSR count). The highest BCUT2D eigenvalue weighted by atomic mass is 15.3. The Morgan fingerprint density at radius 2 is 1.62 bits per heavy atom. The predicted octanol–water partition coefficient (Wildman–Crippen LogP) is 2.72. The summed E-state index contributed by atoms with van der Waals surface area (Å²) in [5.41, 5.74) is 7.49. The quantitative estimate of drug-likeness (QED) is 0.924. The summed E-state index contributed by atoms with van der Waals surface area (Å²) in [6.07, 6.45) is 7.02. The van der Waals surface area contributed by atoms with E-state index in [1.807, 2.05) is 0 Å². The predicted molar refractivity (Wildman–Crippen MR) is 89.6 cm³/mol. The number of benzene rings is 1. The van der Waals surface area contributed by atoms with Gasteiger partial charge in [-0.25, -0.2) is 0 Å². The Kier molecular flexibility index (Phi) is 5.15. The van der Waals surface area contributed by atoms with Crippen molar-refractivity contribution >= 4 is 5.69 Å². The molecule has 21 heavy (non-hydrogen) atoms. The Balaban J connectivity index is 1.56. The summed E-state index contributed by atoms with van der Waals surface area (Å²) in [5, 5.41) is 0. The van der Waals surface area contributed by atoms with Crippen molar-refractivity contribution < 1.29 is 0 Å². The van der Waals surface area contributed by atoms with Crippen molar-refractivity contribution in [1.82, 2.24) is 4.90 Å². The summed E-state index contributed by atoms with van der Waals surface area (Å²) in [6.45, 7) is 5.41. The first-order valence-corrected chi connectivity index (χ1v) is 8.62. The molecule has 3 heteroatoms. The average molecular weight is 287 g/mol. The lowest BCUT2D eigenvalue weighted by Gasteiger charge is -2.43. The van der Waals surface area contributed by atoms with E-state index in [1.165, 1.54) is 37.8 Å². The molecule has 1 aliphatic carbocycles. The Hall–Kier alpha value is -1.06. The topological polar surface area (TPSA) is 32.5 Å². The van der Waals surface area contributed by atoms with Crippen molar-refractivity contribution in [2.75, 3.05) is 37.6 Å². The van der Waals surface area contributed by atoms with Crippen LogP contribution in [-0.4, -0.2) is 43.7 Å². The lowest BCUT2D eigenvalue weighted by atomic mass is 9.83. The molecule has 2 aliphatic rings. The molecule has 0 amide bonds. The number of hydrogen-bond donors (Lipinski definition) is 1. The average Bonchev–Trinajstić information content (AvgIpc) is 2.58. The van der Waals surface area contributed by atoms with Crippen molar-refractivity contribution in [1.29, 1.82) is 0 Å². The number of nitrogens with two attached hydrogens (primary N) is 1. The van der Waals surface area contributed by atoms with Crippen LogP contribution in [0.25, 0.3) is 0 Å². The molecule has 1 saturated carbocycles. The zero-order chi connectivity index (χ0) is 14.5. The standard InChI is InChI=1S/C18H29N3/c19-15-18(16-7-3-1-4-8-16)21-13-11-20(12-14-21)17-9-5-2-6-10-17/h2,5-6,9-10,16,18H,1,3-4,7-8,11-15,19H2. The van der Waals surface area contributed by atoms with E-state index >= 15 is 0 Å². The third-order valence-electron chi connectivity index (χ3n) is 5.34. The van der Waals surface area contributed by atoms with E-state index < -0.39 is 0 Å². The van der Waals surface area contributed by atoms with Crippen molar-refractivity contribution in [3.8, 4) is 0 Å². The van der Waals surface area contributed by atoms with Gasteiger partial charge in [0.05, 0.1) is 0 Å². The smallest absolute Gasteiger partial charge is 0.0367 e. The molecule has 1 aromatic rings. The minimum atomic E-state index is 0.614. The molecule has 1 atom stereocenters. The van der Waals surface area contributed by atoms with Crippen molar-refractivity contribution in [3.63, 3.8) is 0 Å². The van der Waals surface area contributed by atoms with E-state index in [2.05, 4.69) is 40.1 Å². The highest BCUT2D eigenvalue weighted by molar-refractivity contribution is 5.46. The van der Waals surface area contributed by atoms with Crippen LogP contribution >= 0.6 is 0 Å². The lowest BCUT2D eigenvalue weighted by molar-refractivity contribution is 0.115. The van der Waals surface area contributed by atoms with Crippen LogP contribution in [0.2, 0.25) is 0 Å². The van der Waals surface area contributed by atoms with Crippen molar-refractivity contribution in [2.45, 2.75) is 38.1 Å². The van der Waals surface area contributed by atoms with Crippen molar-refractivity contribution in [3.05, 3.63) is 30.3 Å². The molecule has 0 spiro atoms. The Morgan fingerprint density at radius 3 is 2.24 bits per heavy atom. The van der Waals surface area contributed by atoms with Crippen LogP contribution in [0.4, 0.5) is 5.69 Å². The number of piperazine rings is 1. The minimum absolute atomic E-state index is 0.614. The van der Waals surface area contributed by atoms with Crippen LogP contribution in [0.15, 0.2) is 30.3 Å². The maximum absolute atomic E-state index is 6.12. The molecule has 1 saturated heterocycles. The monoisotopic (exact) mass is 287 g/mol. The molecule has 2 fully saturated rings. The van der Waals surface area contributed by atoms with Gasteiger partial charge in [0.15, 0.2) is 0 Å². The second-order valence-corrected chi connectivity index (χ2v) is 6.56. The Labute approximate surface area is 129 Å². The molecule has 0 bridgehead atoms. The molecule has 3 nitrogen and oxygen atoms in total. The summed E-state index contributed by atoms with van der Waals surface area (Å²) >= 11 is 0. The van der Waals surface area contributed by atoms with Gasteiger partial charge in [-0.3, -0.25) is 4.90 Å². The zero-order valence-corrected chi connectivity index (χ0v) is 13.1. The van der Waals surface area contributed by atoms with Gasteiger partial charge in [0, 0.05) is 44.5 Å². The van der Waals surface area contributed by atoms with Crippen LogP contribution in [-0.2, 0) is 0 Å². The first-order chi connectivity index (χ1) is 10.4. The molecule has 1 heterocycles. The molecule has 1 aromatic carbocycles. The van der Waals surface area contributed by atoms with Crippen LogP contribution in [0, 0.1) is 5.92 Å². The van der Waals surface area contributed by atoms with E-state index in [0.717, 1.165) is 38.6 Å². The second kappa shape index (κ2) is 7.28. The van der Waals surface area contributed by atoms with E-state index in [0.29, 0.717) is 6.04 Å². The van der Waals surface area contributed by atoms with Crippen LogP contribution in [0.1, 0.15) is 32.1 Å². The molecular weight excluding hydrogens is 258 g/mol. The highest BCUT2D eigenvalue weighted by Crippen LogP contribution is 2.29. The zero-order valence-electron chi connectivity index (χ0n) is 13.1. The lowest BCUT2D eigenvalue weighted by Crippen LogP contribution is -2.55. The van der Waals surface area contributed by atoms with E-state index in [1.54, 1.807) is 0 Å². The maximum atomic E-state index is 6.12. The Morgan fingerprint density at radius 1 is 0.952 bits per heavy atom. The summed E-state index contributed by atoms with van der Waals surface area (Å²) in [5.74, 6) is 0.840. The van der Waals surface area contributed by atoms with Gasteiger partial charge < -0.3 is 10.6 Å². The van der Waals surface area contributed by atoms with Gasteiger partial charge in [0.2, 0.25) is 0 Å². The fourth-order valence-electron chi connectivity index (χ4n) is 4.11. The van der Waals surface area contributed by atoms with Gasteiger partial charge in [-0.05, 0) is 30.9 Å². The molecule has 1 aliphatic heterocycles. The minimum Gasteiger partial charge on any atom is -0.369 e. The fraction of sp³-hybridized carbons (Fsp3) is 0.667. The van der Waals surface area contributed by atoms with Gasteiger partial charge in [-0.2, -0.15) is 0 Å². The molecule has 116 valence electrons. The normalized spacial score (nSPS) is 23.2. The first kappa shape index (κ1) is 14.9. The van der Waals surface area contributed by atoms with Crippen LogP contribution in [0.3, 0.4) is 0 Å². The number of para-hydroxylation sites is 1. The summed E-state index contributed by atoms with van der Waals surface area (Å²) < 4.78 is 0. The van der Waals surface area contributed by atoms with E-state index in [9.17, 15) is 0 Å². The van der Waals surface area contributed by atoms with Crippen molar-refractivity contribution in [2.24, 2.45) is 11.7 Å². The van der Waals surface area contributed by atoms with Crippen LogP contribution < -0.4 is 10.6 Å². The summed E-state index contributed by atoms with van der Waals surface area (Å²) in [6, 6.07) is 11.4. The molecule has 0 aromatic heterocycles. The fourth-order valence-corrected chi connectivity index (χ4v) is 4.11. The number of rotatable bonds is 4. The SMILES string of the molecule is NCC(C1CCCCC1)N1CCN(c2ccccc2)CC1.